The Morgan fingerprint density at radius 1 is 0.848 bits per heavy atom. The van der Waals surface area contributed by atoms with Crippen LogP contribution in [0.2, 0.25) is 0 Å². The molecule has 1 heterocycles. The van der Waals surface area contributed by atoms with Crippen LogP contribution in [0.25, 0.3) is 22.6 Å². The topological polar surface area (TPSA) is 75.0 Å². The van der Waals surface area contributed by atoms with E-state index in [9.17, 15) is 14.0 Å². The molecule has 33 heavy (non-hydrogen) atoms. The Labute approximate surface area is 190 Å². The Morgan fingerprint density at radius 2 is 1.45 bits per heavy atom. The number of benzene rings is 2. The van der Waals surface area contributed by atoms with Gasteiger partial charge in [-0.15, -0.1) is 0 Å². The van der Waals surface area contributed by atoms with E-state index in [0.717, 1.165) is 11.8 Å². The maximum atomic E-state index is 14.3. The molecule has 0 bridgehead atoms. The monoisotopic (exact) mass is 448 g/mol. The van der Waals surface area contributed by atoms with Gasteiger partial charge in [-0.2, -0.15) is 0 Å². The van der Waals surface area contributed by atoms with Crippen LogP contribution in [-0.4, -0.2) is 11.9 Å². The molecule has 3 rings (SSSR count). The third kappa shape index (κ3) is 6.07. The largest absolute Gasteiger partial charge is 0.462 e. The summed E-state index contributed by atoms with van der Waals surface area (Å²) in [6.07, 6.45) is 2.38. The van der Waals surface area contributed by atoms with Crippen molar-refractivity contribution in [2.45, 2.75) is 13.8 Å². The Kier molecular flexibility index (Phi) is 7.25. The van der Waals surface area contributed by atoms with Crippen molar-refractivity contribution < 1.29 is 32.6 Å². The molecule has 0 aliphatic carbocycles. The fraction of sp³-hybridized carbons (Fsp3) is 0.0769. The number of halogens is 1. The van der Waals surface area contributed by atoms with Gasteiger partial charge in [0.1, 0.15) is 29.8 Å². The summed E-state index contributed by atoms with van der Waals surface area (Å²) in [5.41, 5.74) is 1.72. The van der Waals surface area contributed by atoms with E-state index in [1.165, 1.54) is 25.3 Å². The van der Waals surface area contributed by atoms with E-state index in [0.29, 0.717) is 22.8 Å². The van der Waals surface area contributed by atoms with Gasteiger partial charge in [-0.3, -0.25) is 0 Å². The first-order valence-corrected chi connectivity index (χ1v) is 9.80. The molecular weight excluding hydrogens is 427 g/mol. The van der Waals surface area contributed by atoms with Crippen LogP contribution in [0.5, 0.6) is 11.5 Å². The van der Waals surface area contributed by atoms with E-state index in [4.69, 9.17) is 18.6 Å². The number of hydrogen-bond donors (Lipinski definition) is 0. The van der Waals surface area contributed by atoms with Gasteiger partial charge in [0.2, 0.25) is 0 Å². The lowest BCUT2D eigenvalue weighted by molar-refractivity contribution is -0.133. The summed E-state index contributed by atoms with van der Waals surface area (Å²) >= 11 is 0. The fourth-order valence-corrected chi connectivity index (χ4v) is 2.57. The average Bonchev–Trinajstić information content (AvgIpc) is 3.28. The summed E-state index contributed by atoms with van der Waals surface area (Å²) in [5.74, 6) is -0.569. The van der Waals surface area contributed by atoms with Crippen molar-refractivity contribution >= 4 is 11.9 Å². The zero-order valence-electron chi connectivity index (χ0n) is 18.1. The number of esters is 2. The maximum absolute atomic E-state index is 14.3. The van der Waals surface area contributed by atoms with Crippen LogP contribution in [0.15, 0.2) is 95.8 Å². The molecule has 0 amide bonds. The third-order valence-electron chi connectivity index (χ3n) is 4.30. The first kappa shape index (κ1) is 23.3. The minimum absolute atomic E-state index is 0.174. The lowest BCUT2D eigenvalue weighted by Gasteiger charge is -2.06. The second-order valence-electron chi connectivity index (χ2n) is 7.08. The molecule has 6 nitrogen and oxygen atoms in total. The molecule has 0 aliphatic rings. The molecule has 0 saturated heterocycles. The molecule has 0 aliphatic heterocycles. The average molecular weight is 448 g/mol. The number of hydrogen-bond acceptors (Lipinski definition) is 6. The highest BCUT2D eigenvalue weighted by Gasteiger charge is 2.13. The van der Waals surface area contributed by atoms with Gasteiger partial charge in [-0.1, -0.05) is 13.2 Å². The molecule has 0 N–H and O–H groups in total. The predicted octanol–water partition coefficient (Wildman–Crippen LogP) is 6.20. The zero-order valence-corrected chi connectivity index (χ0v) is 18.1. The Morgan fingerprint density at radius 3 is 2.06 bits per heavy atom. The summed E-state index contributed by atoms with van der Waals surface area (Å²) in [6, 6.07) is 14.7. The first-order chi connectivity index (χ1) is 15.7. The quantitative estimate of drug-likeness (QED) is 0.177. The molecule has 0 atom stereocenters. The summed E-state index contributed by atoms with van der Waals surface area (Å²) in [7, 11) is 0. The minimum Gasteiger partial charge on any atom is -0.462 e. The van der Waals surface area contributed by atoms with Crippen molar-refractivity contribution in [3.8, 4) is 34.1 Å². The van der Waals surface area contributed by atoms with Crippen molar-refractivity contribution in [2.24, 2.45) is 0 Å². The van der Waals surface area contributed by atoms with Crippen LogP contribution in [0.3, 0.4) is 0 Å². The summed E-state index contributed by atoms with van der Waals surface area (Å²) < 4.78 is 35.3. The molecule has 0 fully saturated rings. The molecule has 1 aromatic heterocycles. The first-order valence-electron chi connectivity index (χ1n) is 9.80. The molecule has 2 aromatic carbocycles. The molecule has 0 unspecified atom stereocenters. The van der Waals surface area contributed by atoms with Gasteiger partial charge in [0, 0.05) is 22.3 Å². The molecule has 0 spiro atoms. The summed E-state index contributed by atoms with van der Waals surface area (Å²) in [6.45, 7) is 9.97. The maximum Gasteiger partial charge on any atom is 0.338 e. The lowest BCUT2D eigenvalue weighted by Crippen LogP contribution is -2.09. The number of ether oxygens (including phenoxy) is 3. The van der Waals surface area contributed by atoms with E-state index in [1.807, 2.05) is 0 Å². The number of furan rings is 1. The van der Waals surface area contributed by atoms with Crippen LogP contribution in [0, 0.1) is 5.82 Å². The van der Waals surface area contributed by atoms with Gasteiger partial charge >= 0.3 is 11.9 Å². The fourth-order valence-electron chi connectivity index (χ4n) is 2.57. The van der Waals surface area contributed by atoms with E-state index < -0.39 is 17.8 Å². The van der Waals surface area contributed by atoms with Crippen molar-refractivity contribution in [3.63, 3.8) is 0 Å². The summed E-state index contributed by atoms with van der Waals surface area (Å²) in [4.78, 5) is 22.9. The molecule has 0 radical (unpaired) electrons. The number of rotatable bonds is 8. The molecule has 3 aromatic rings. The predicted molar refractivity (Wildman–Crippen MR) is 121 cm³/mol. The van der Waals surface area contributed by atoms with E-state index in [1.54, 1.807) is 49.4 Å². The van der Waals surface area contributed by atoms with Gasteiger partial charge in [-0.25, -0.2) is 14.0 Å². The van der Waals surface area contributed by atoms with Gasteiger partial charge in [0.25, 0.3) is 0 Å². The van der Waals surface area contributed by atoms with Crippen molar-refractivity contribution in [1.82, 2.24) is 0 Å². The van der Waals surface area contributed by atoms with Crippen LogP contribution >= 0.6 is 0 Å². The number of carbonyl (C=O) groups excluding carboxylic acids is 2. The van der Waals surface area contributed by atoms with Crippen molar-refractivity contribution in [2.75, 3.05) is 0 Å². The third-order valence-corrected chi connectivity index (χ3v) is 4.30. The highest BCUT2D eigenvalue weighted by atomic mass is 19.1. The summed E-state index contributed by atoms with van der Waals surface area (Å²) in [5, 5.41) is 0. The second kappa shape index (κ2) is 10.3. The minimum atomic E-state index is -0.697. The smallest absolute Gasteiger partial charge is 0.338 e. The number of carbonyl (C=O) groups is 2. The van der Waals surface area contributed by atoms with Crippen molar-refractivity contribution in [1.29, 1.82) is 0 Å². The standard InChI is InChI=1S/C26H21FO6/c1-16(2)25(28)31-14-13-30-20-8-5-18(6-9-20)22-11-12-23(32-22)19-7-10-24(21(27)15-19)33-26(29)17(3)4/h5-15H,1,3H2,2,4H3/b14-13-. The highest BCUT2D eigenvalue weighted by Crippen LogP contribution is 2.31. The Bertz CT molecular complexity index is 1230. The van der Waals surface area contributed by atoms with Gasteiger partial charge in [0.05, 0.1) is 0 Å². The van der Waals surface area contributed by atoms with Gasteiger partial charge < -0.3 is 18.6 Å². The molecule has 168 valence electrons. The highest BCUT2D eigenvalue weighted by molar-refractivity contribution is 5.89. The van der Waals surface area contributed by atoms with Gasteiger partial charge in [0.15, 0.2) is 11.6 Å². The van der Waals surface area contributed by atoms with E-state index in [2.05, 4.69) is 13.2 Å². The van der Waals surface area contributed by atoms with Crippen LogP contribution in [-0.2, 0) is 14.3 Å². The Hall–Kier alpha value is -4.39. The molecular formula is C26H21FO6. The molecule has 0 saturated carbocycles. The van der Waals surface area contributed by atoms with Crippen LogP contribution < -0.4 is 9.47 Å². The van der Waals surface area contributed by atoms with Crippen LogP contribution in [0.1, 0.15) is 13.8 Å². The lowest BCUT2D eigenvalue weighted by atomic mass is 10.1. The normalized spacial score (nSPS) is 10.6. The van der Waals surface area contributed by atoms with Crippen molar-refractivity contribution in [3.05, 3.63) is 97.2 Å². The second-order valence-corrected chi connectivity index (χ2v) is 7.08. The molecule has 7 heteroatoms. The van der Waals surface area contributed by atoms with E-state index >= 15 is 0 Å². The Balaban J connectivity index is 1.66. The van der Waals surface area contributed by atoms with E-state index in [-0.39, 0.29) is 16.9 Å². The van der Waals surface area contributed by atoms with Crippen LogP contribution in [0.4, 0.5) is 4.39 Å². The van der Waals surface area contributed by atoms with Gasteiger partial charge in [-0.05, 0) is 68.4 Å². The zero-order chi connectivity index (χ0) is 24.0. The SMILES string of the molecule is C=C(C)C(=O)O/C=C\Oc1ccc(-c2ccc(-c3ccc(OC(=O)C(=C)C)c(F)c3)o2)cc1.